The van der Waals surface area contributed by atoms with Crippen LogP contribution in [0.3, 0.4) is 0 Å². The molecule has 0 aromatic rings. The van der Waals surface area contributed by atoms with Gasteiger partial charge in [0.25, 0.3) is 0 Å². The van der Waals surface area contributed by atoms with E-state index >= 15 is 0 Å². The molecule has 0 aliphatic carbocycles. The van der Waals surface area contributed by atoms with Crippen molar-refractivity contribution in [2.24, 2.45) is 5.73 Å². The van der Waals surface area contributed by atoms with Gasteiger partial charge in [0.2, 0.25) is 0 Å². The molecule has 0 aliphatic rings. The van der Waals surface area contributed by atoms with Crippen LogP contribution in [0.25, 0.3) is 0 Å². The van der Waals surface area contributed by atoms with Crippen molar-refractivity contribution in [2.75, 3.05) is 0 Å². The molecule has 0 spiro atoms. The number of carboxylic acids is 1. The van der Waals surface area contributed by atoms with E-state index in [1.165, 1.54) is 51.0 Å². The minimum absolute atomic E-state index is 0. The van der Waals surface area contributed by atoms with Gasteiger partial charge in [0.05, 0.1) is 0 Å². The summed E-state index contributed by atoms with van der Waals surface area (Å²) in [6, 6.07) is -1.14. The third-order valence-corrected chi connectivity index (χ3v) is 4.52. The Hall–Kier alpha value is -0.990. The Labute approximate surface area is 258 Å². The summed E-state index contributed by atoms with van der Waals surface area (Å²) in [6.45, 7) is 2.24. The number of carbonyl (C=O) groups excluding carboxylic acids is 2. The number of esters is 2. The molecular formula is C27H41NNa2O5. The largest absolute Gasteiger partial charge is 1.00 e. The first-order valence-corrected chi connectivity index (χ1v) is 11.7. The van der Waals surface area contributed by atoms with Gasteiger partial charge in [-0.2, -0.15) is 0 Å². The van der Waals surface area contributed by atoms with E-state index in [-0.39, 0.29) is 74.8 Å². The molecule has 8 heteroatoms. The molecule has 3 N–H and O–H groups in total. The van der Waals surface area contributed by atoms with Crippen LogP contribution in [-0.2, 0) is 19.1 Å². The van der Waals surface area contributed by atoms with Crippen LogP contribution in [0, 0.1) is 0 Å². The minimum atomic E-state index is -1.14. The summed E-state index contributed by atoms with van der Waals surface area (Å²) in [5.41, 5.74) is 5.46. The van der Waals surface area contributed by atoms with Crippen LogP contribution in [0.4, 0.5) is 0 Å². The second-order valence-corrected chi connectivity index (χ2v) is 7.52. The van der Waals surface area contributed by atoms with Crippen molar-refractivity contribution in [2.45, 2.75) is 77.2 Å². The summed E-state index contributed by atoms with van der Waals surface area (Å²) in [5.74, 6) is -2.87. The summed E-state index contributed by atoms with van der Waals surface area (Å²) in [7, 11) is 0. The van der Waals surface area contributed by atoms with E-state index in [9.17, 15) is 14.4 Å². The molecule has 0 heterocycles. The summed E-state index contributed by atoms with van der Waals surface area (Å²) >= 11 is 0. The monoisotopic (exact) mass is 505 g/mol. The fraction of sp³-hybridized carbons (Fsp3) is 0.444. The summed E-state index contributed by atoms with van der Waals surface area (Å²) in [5, 5.41) is 8.54. The zero-order valence-electron chi connectivity index (χ0n) is 23.7. The van der Waals surface area contributed by atoms with Gasteiger partial charge >= 0.3 is 77.0 Å². The molecule has 0 bridgehead atoms. The first kappa shape index (κ1) is 38.5. The van der Waals surface area contributed by atoms with Crippen LogP contribution in [0.2, 0.25) is 0 Å². The normalized spacial score (nSPS) is 12.6. The average Bonchev–Trinajstić information content (AvgIpc) is 2.78. The maximum atomic E-state index is 11.5. The molecule has 0 aromatic carbocycles. The van der Waals surface area contributed by atoms with E-state index in [1.807, 2.05) is 30.4 Å². The molecule has 0 unspecified atom stereocenters. The molecule has 0 fully saturated rings. The standard InChI is InChI=1S/C27H39NO5.2Na.2H/c1-2-3-4-5-6-7-8-9-10-11-12-13-14-15-16-17-18-19-20-21-26(31)33-27(32)24(28)22-23-25(29)30;;;;/h10-21,24H,2-9,22-23,28H2,1H3,(H,29,30);;;;/q;2*+1;2*-1/b11-10+,13-12+,15-14+,17-16+,19-18+,21-20+;;;;/t24-;;;;/m0..../s1. The molecule has 0 saturated carbocycles. The second-order valence-electron chi connectivity index (χ2n) is 7.52. The number of unbranched alkanes of at least 4 members (excludes halogenated alkanes) is 7. The van der Waals surface area contributed by atoms with Gasteiger partial charge in [0, 0.05) is 12.5 Å². The van der Waals surface area contributed by atoms with Crippen molar-refractivity contribution in [3.63, 3.8) is 0 Å². The number of carbonyl (C=O) groups is 3. The van der Waals surface area contributed by atoms with E-state index in [4.69, 9.17) is 10.8 Å². The summed E-state index contributed by atoms with van der Waals surface area (Å²) in [4.78, 5) is 33.5. The van der Waals surface area contributed by atoms with E-state index in [0.717, 1.165) is 12.5 Å². The Morgan fingerprint density at radius 3 is 1.83 bits per heavy atom. The molecule has 0 aromatic heterocycles. The van der Waals surface area contributed by atoms with E-state index < -0.39 is 23.9 Å². The van der Waals surface area contributed by atoms with Crippen molar-refractivity contribution in [1.82, 2.24) is 0 Å². The van der Waals surface area contributed by atoms with Gasteiger partial charge in [-0.1, -0.05) is 112 Å². The van der Waals surface area contributed by atoms with Gasteiger partial charge in [-0.05, 0) is 19.3 Å². The molecular weight excluding hydrogens is 464 g/mol. The Morgan fingerprint density at radius 2 is 1.29 bits per heavy atom. The molecule has 0 aliphatic heterocycles. The van der Waals surface area contributed by atoms with Crippen LogP contribution >= 0.6 is 0 Å². The third kappa shape index (κ3) is 29.1. The van der Waals surface area contributed by atoms with Gasteiger partial charge in [-0.3, -0.25) is 4.79 Å². The molecule has 0 amide bonds. The number of hydrogen-bond donors (Lipinski definition) is 2. The predicted molar refractivity (Wildman–Crippen MR) is 136 cm³/mol. The van der Waals surface area contributed by atoms with Crippen LogP contribution in [-0.4, -0.2) is 29.1 Å². The first-order valence-electron chi connectivity index (χ1n) is 11.7. The fourth-order valence-electron chi connectivity index (χ4n) is 2.65. The third-order valence-electron chi connectivity index (χ3n) is 4.52. The fourth-order valence-corrected chi connectivity index (χ4v) is 2.65. The molecule has 6 nitrogen and oxygen atoms in total. The number of allylic oxidation sites excluding steroid dienone is 11. The zero-order valence-corrected chi connectivity index (χ0v) is 25.7. The van der Waals surface area contributed by atoms with Gasteiger partial charge in [-0.25, -0.2) is 9.59 Å². The predicted octanol–water partition coefficient (Wildman–Crippen LogP) is -0.0408. The number of hydrogen-bond acceptors (Lipinski definition) is 5. The van der Waals surface area contributed by atoms with E-state index in [1.54, 1.807) is 18.2 Å². The van der Waals surface area contributed by atoms with Crippen molar-refractivity contribution in [3.05, 3.63) is 72.9 Å². The molecule has 186 valence electrons. The zero-order chi connectivity index (χ0) is 24.6. The minimum Gasteiger partial charge on any atom is -1.00 e. The van der Waals surface area contributed by atoms with Crippen LogP contribution in [0.5, 0.6) is 0 Å². The van der Waals surface area contributed by atoms with Crippen LogP contribution in [0.1, 0.15) is 74.0 Å². The number of rotatable bonds is 18. The average molecular weight is 506 g/mol. The smallest absolute Gasteiger partial charge is 1.00 e. The van der Waals surface area contributed by atoms with Gasteiger partial charge < -0.3 is 18.4 Å². The van der Waals surface area contributed by atoms with Crippen molar-refractivity contribution < 1.29 is 86.2 Å². The van der Waals surface area contributed by atoms with Crippen molar-refractivity contribution in [1.29, 1.82) is 0 Å². The maximum Gasteiger partial charge on any atom is 1.00 e. The topological polar surface area (TPSA) is 107 Å². The van der Waals surface area contributed by atoms with Crippen molar-refractivity contribution >= 4 is 17.9 Å². The Morgan fingerprint density at radius 1 is 0.800 bits per heavy atom. The molecule has 0 radical (unpaired) electrons. The molecule has 1 atom stereocenters. The Bertz CT molecular complexity index is 751. The number of ether oxygens (including phenoxy) is 1. The Balaban J connectivity index is -0.000000853. The first-order chi connectivity index (χ1) is 16.0. The number of aliphatic carboxylic acids is 1. The number of nitrogens with two attached hydrogens (primary N) is 1. The second kappa shape index (κ2) is 29.2. The SMILES string of the molecule is CCCCCCCCC/C=C/C=C/C=C/C=C/C=C/C=C/C(=O)OC(=O)[C@@H](N)CCC(=O)O.[H-].[H-].[Na+].[Na+]. The molecule has 0 saturated heterocycles. The van der Waals surface area contributed by atoms with Crippen LogP contribution in [0.15, 0.2) is 72.9 Å². The Kier molecular flexibility index (Phi) is 32.2. The molecule has 35 heavy (non-hydrogen) atoms. The molecule has 0 rings (SSSR count). The quantitative estimate of drug-likeness (QED) is 0.0676. The van der Waals surface area contributed by atoms with E-state index in [2.05, 4.69) is 23.8 Å². The van der Waals surface area contributed by atoms with Crippen LogP contribution < -0.4 is 64.8 Å². The maximum absolute atomic E-state index is 11.5. The van der Waals surface area contributed by atoms with Gasteiger partial charge in [0.15, 0.2) is 0 Å². The van der Waals surface area contributed by atoms with Crippen molar-refractivity contribution in [3.8, 4) is 0 Å². The summed E-state index contributed by atoms with van der Waals surface area (Å²) < 4.78 is 4.52. The van der Waals surface area contributed by atoms with Gasteiger partial charge in [0.1, 0.15) is 6.04 Å². The van der Waals surface area contributed by atoms with E-state index in [0.29, 0.717) is 0 Å². The number of carboxylic acid groups (broad SMARTS) is 1. The van der Waals surface area contributed by atoms with Gasteiger partial charge in [-0.15, -0.1) is 0 Å². The summed E-state index contributed by atoms with van der Waals surface area (Å²) in [6.07, 6.45) is 31.6.